The van der Waals surface area contributed by atoms with E-state index in [0.717, 1.165) is 0 Å². The number of aliphatic carboxylic acids is 1. The summed E-state index contributed by atoms with van der Waals surface area (Å²) in [5, 5.41) is 11.9. The Morgan fingerprint density at radius 1 is 1.36 bits per heavy atom. The van der Waals surface area contributed by atoms with Gasteiger partial charge in [-0.15, -0.1) is 6.58 Å². The molecule has 0 aromatic heterocycles. The van der Waals surface area contributed by atoms with Crippen LogP contribution in [-0.4, -0.2) is 42.8 Å². The monoisotopic (exact) mass is 347 g/mol. The fourth-order valence-electron chi connectivity index (χ4n) is 1.40. The zero-order valence-electron chi connectivity index (χ0n) is 11.6. The number of carboxylic acids is 1. The van der Waals surface area contributed by atoms with Crippen LogP contribution in [0.4, 0.5) is 0 Å². The van der Waals surface area contributed by atoms with Crippen LogP contribution in [-0.2, 0) is 14.3 Å². The molecule has 1 rings (SSSR count). The van der Waals surface area contributed by atoms with E-state index in [4.69, 9.17) is 37.8 Å². The Morgan fingerprint density at radius 2 is 2.09 bits per heavy atom. The average molecular weight is 348 g/mol. The van der Waals surface area contributed by atoms with E-state index in [1.54, 1.807) is 6.07 Å². The first-order valence-electron chi connectivity index (χ1n) is 6.22. The van der Waals surface area contributed by atoms with E-state index in [0.29, 0.717) is 15.8 Å². The highest BCUT2D eigenvalue weighted by atomic mass is 35.5. The molecule has 0 saturated carbocycles. The number of carbonyl (C=O) groups excluding carboxylic acids is 1. The molecule has 0 radical (unpaired) electrons. The van der Waals surface area contributed by atoms with Crippen LogP contribution in [0.2, 0.25) is 10.0 Å². The van der Waals surface area contributed by atoms with Gasteiger partial charge in [0.1, 0.15) is 5.75 Å². The lowest BCUT2D eigenvalue weighted by Gasteiger charge is -2.14. The summed E-state index contributed by atoms with van der Waals surface area (Å²) in [6.45, 7) is 3.11. The Morgan fingerprint density at radius 3 is 2.68 bits per heavy atom. The highest BCUT2D eigenvalue weighted by Gasteiger charge is 2.20. The van der Waals surface area contributed by atoms with Gasteiger partial charge in [-0.3, -0.25) is 4.79 Å². The molecule has 8 heteroatoms. The molecule has 0 aliphatic carbocycles. The number of amides is 1. The Balaban J connectivity index is 2.47. The minimum Gasteiger partial charge on any atom is -0.484 e. The number of halogens is 2. The zero-order chi connectivity index (χ0) is 16.5. The van der Waals surface area contributed by atoms with E-state index < -0.39 is 17.9 Å². The van der Waals surface area contributed by atoms with Gasteiger partial charge in [-0.25, -0.2) is 4.79 Å². The summed E-state index contributed by atoms with van der Waals surface area (Å²) in [6.07, 6.45) is 1.48. The molecule has 22 heavy (non-hydrogen) atoms. The average Bonchev–Trinajstić information content (AvgIpc) is 2.47. The number of ether oxygens (including phenoxy) is 2. The van der Waals surface area contributed by atoms with Crippen LogP contribution in [0.1, 0.15) is 0 Å². The lowest BCUT2D eigenvalue weighted by Crippen LogP contribution is -2.45. The molecule has 2 N–H and O–H groups in total. The number of hydrogen-bond donors (Lipinski definition) is 2. The van der Waals surface area contributed by atoms with Crippen LogP contribution in [0.15, 0.2) is 30.9 Å². The predicted molar refractivity (Wildman–Crippen MR) is 82.5 cm³/mol. The van der Waals surface area contributed by atoms with Gasteiger partial charge in [0.2, 0.25) is 0 Å². The summed E-state index contributed by atoms with van der Waals surface area (Å²) in [4.78, 5) is 22.7. The van der Waals surface area contributed by atoms with Gasteiger partial charge in [0.05, 0.1) is 23.3 Å². The van der Waals surface area contributed by atoms with Gasteiger partial charge in [-0.05, 0) is 12.1 Å². The van der Waals surface area contributed by atoms with E-state index in [1.807, 2.05) is 0 Å². The number of benzene rings is 1. The first-order chi connectivity index (χ1) is 10.4. The Bertz CT molecular complexity index is 550. The van der Waals surface area contributed by atoms with Gasteiger partial charge in [0, 0.05) is 6.07 Å². The molecule has 0 saturated heterocycles. The van der Waals surface area contributed by atoms with Gasteiger partial charge in [-0.2, -0.15) is 0 Å². The van der Waals surface area contributed by atoms with Gasteiger partial charge < -0.3 is 19.9 Å². The highest BCUT2D eigenvalue weighted by molar-refractivity contribution is 6.42. The van der Waals surface area contributed by atoms with E-state index in [1.165, 1.54) is 18.2 Å². The molecule has 1 unspecified atom stereocenters. The molecule has 120 valence electrons. The fourth-order valence-corrected chi connectivity index (χ4v) is 1.68. The molecule has 0 bridgehead atoms. The van der Waals surface area contributed by atoms with Gasteiger partial charge in [0.25, 0.3) is 5.91 Å². The van der Waals surface area contributed by atoms with Gasteiger partial charge in [0.15, 0.2) is 12.6 Å². The topological polar surface area (TPSA) is 84.9 Å². The second-order valence-corrected chi connectivity index (χ2v) is 4.96. The third kappa shape index (κ3) is 6.34. The minimum absolute atomic E-state index is 0.167. The molecular weight excluding hydrogens is 333 g/mol. The summed E-state index contributed by atoms with van der Waals surface area (Å²) in [6, 6.07) is 3.37. The second kappa shape index (κ2) is 9.30. The van der Waals surface area contributed by atoms with Crippen molar-refractivity contribution in [3.8, 4) is 5.75 Å². The maximum atomic E-state index is 11.7. The molecule has 0 aliphatic rings. The summed E-state index contributed by atoms with van der Waals surface area (Å²) in [7, 11) is 0. The maximum Gasteiger partial charge on any atom is 0.328 e. The van der Waals surface area contributed by atoms with Crippen molar-refractivity contribution in [3.63, 3.8) is 0 Å². The molecule has 1 atom stereocenters. The molecule has 1 amide bonds. The lowest BCUT2D eigenvalue weighted by atomic mass is 10.3. The van der Waals surface area contributed by atoms with E-state index >= 15 is 0 Å². The van der Waals surface area contributed by atoms with E-state index in [2.05, 4.69) is 11.9 Å². The van der Waals surface area contributed by atoms with Crippen molar-refractivity contribution in [2.45, 2.75) is 6.04 Å². The van der Waals surface area contributed by atoms with Crippen LogP contribution in [0, 0.1) is 0 Å². The lowest BCUT2D eigenvalue weighted by molar-refractivity contribution is -0.143. The molecule has 1 aromatic carbocycles. The molecule has 0 spiro atoms. The van der Waals surface area contributed by atoms with E-state index in [9.17, 15) is 9.59 Å². The molecule has 1 aromatic rings. The fraction of sp³-hybridized carbons (Fsp3) is 0.286. The minimum atomic E-state index is -1.20. The smallest absolute Gasteiger partial charge is 0.328 e. The number of rotatable bonds is 9. The first-order valence-corrected chi connectivity index (χ1v) is 6.98. The third-order valence-electron chi connectivity index (χ3n) is 2.41. The number of nitrogens with one attached hydrogen (secondary N) is 1. The maximum absolute atomic E-state index is 11.7. The molecular formula is C14H15Cl2NO5. The zero-order valence-corrected chi connectivity index (χ0v) is 13.1. The first kappa shape index (κ1) is 18.3. The van der Waals surface area contributed by atoms with Crippen LogP contribution >= 0.6 is 23.2 Å². The summed E-state index contributed by atoms with van der Waals surface area (Å²) in [5.41, 5.74) is 0. The Kier molecular flexibility index (Phi) is 7.73. The SMILES string of the molecule is C=CCOCC(NC(=O)COc1ccc(Cl)c(Cl)c1)C(=O)O. The van der Waals surface area contributed by atoms with Gasteiger partial charge in [-0.1, -0.05) is 29.3 Å². The quantitative estimate of drug-likeness (QED) is 0.528. The standard InChI is InChI=1S/C14H15Cl2NO5/c1-2-5-21-7-12(14(19)20)17-13(18)8-22-9-3-4-10(15)11(16)6-9/h2-4,6,12H,1,5,7-8H2,(H,17,18)(H,19,20). The number of carboxylic acid groups (broad SMARTS) is 1. The Hall–Kier alpha value is -1.76. The van der Waals surface area contributed by atoms with Crippen molar-refractivity contribution in [2.75, 3.05) is 19.8 Å². The molecule has 0 aliphatic heterocycles. The van der Waals surface area contributed by atoms with Crippen LogP contribution in [0.5, 0.6) is 5.75 Å². The van der Waals surface area contributed by atoms with Crippen LogP contribution in [0.3, 0.4) is 0 Å². The Labute approximate surface area is 137 Å². The molecule has 6 nitrogen and oxygen atoms in total. The number of hydrogen-bond acceptors (Lipinski definition) is 4. The molecule has 0 fully saturated rings. The number of carbonyl (C=O) groups is 2. The normalized spacial score (nSPS) is 11.5. The predicted octanol–water partition coefficient (Wildman–Crippen LogP) is 2.14. The van der Waals surface area contributed by atoms with Crippen molar-refractivity contribution in [2.24, 2.45) is 0 Å². The van der Waals surface area contributed by atoms with Crippen molar-refractivity contribution in [1.82, 2.24) is 5.32 Å². The van der Waals surface area contributed by atoms with Gasteiger partial charge >= 0.3 is 5.97 Å². The van der Waals surface area contributed by atoms with Crippen molar-refractivity contribution in [3.05, 3.63) is 40.9 Å². The van der Waals surface area contributed by atoms with Crippen molar-refractivity contribution in [1.29, 1.82) is 0 Å². The largest absolute Gasteiger partial charge is 0.484 e. The summed E-state index contributed by atoms with van der Waals surface area (Å²) < 4.78 is 10.2. The van der Waals surface area contributed by atoms with Crippen molar-refractivity contribution < 1.29 is 24.2 Å². The second-order valence-electron chi connectivity index (χ2n) is 4.15. The summed E-state index contributed by atoms with van der Waals surface area (Å²) >= 11 is 11.6. The molecule has 0 heterocycles. The van der Waals surface area contributed by atoms with Crippen LogP contribution < -0.4 is 10.1 Å². The van der Waals surface area contributed by atoms with Crippen molar-refractivity contribution >= 4 is 35.1 Å². The third-order valence-corrected chi connectivity index (χ3v) is 3.15. The van der Waals surface area contributed by atoms with Crippen LogP contribution in [0.25, 0.3) is 0 Å². The highest BCUT2D eigenvalue weighted by Crippen LogP contribution is 2.26. The van der Waals surface area contributed by atoms with E-state index in [-0.39, 0.29) is 19.8 Å². The summed E-state index contributed by atoms with van der Waals surface area (Å²) in [5.74, 6) is -1.45.